The van der Waals surface area contributed by atoms with Gasteiger partial charge in [-0.3, -0.25) is 0 Å². The standard InChI is InChI=1S/C22H25.C18H17.C2H7Si.2ClH.Zr/c1-14-11-18-13-15(2)16(3)21(20(18)12-14)17-7-9-19(10-8-17)22(4,5)6;1-13(2)16-11-15-9-6-10-17(18(15)12-16)14-7-4-3-5-8-14;1-3-2;;;/h7-13H,1-6H3;3-13H,1-2H3;3H,1-2H3;2*1H;/q;;;;;+2/p-2. The molecule has 0 nitrogen and oxygen atoms in total. The molecule has 0 saturated heterocycles. The predicted molar refractivity (Wildman–Crippen MR) is 204 cm³/mol. The van der Waals surface area contributed by atoms with Crippen LogP contribution in [0.4, 0.5) is 0 Å². The molecule has 0 radical (unpaired) electrons. The maximum absolute atomic E-state index is 8.65. The molecule has 0 aliphatic heterocycles. The van der Waals surface area contributed by atoms with Crippen LogP contribution in [0.15, 0.2) is 90.0 Å². The molecule has 2 unspecified atom stereocenters. The van der Waals surface area contributed by atoms with Crippen molar-refractivity contribution in [1.82, 2.24) is 0 Å². The van der Waals surface area contributed by atoms with Crippen LogP contribution in [0.2, 0.25) is 13.1 Å². The first kappa shape index (κ1) is 33.9. The van der Waals surface area contributed by atoms with Gasteiger partial charge in [0.05, 0.1) is 0 Å². The Bertz CT molecular complexity index is 1890. The van der Waals surface area contributed by atoms with Gasteiger partial charge in [0.1, 0.15) is 0 Å². The van der Waals surface area contributed by atoms with Crippen LogP contribution in [0, 0.1) is 19.8 Å². The summed E-state index contributed by atoms with van der Waals surface area (Å²) in [5.41, 5.74) is 17.4. The zero-order valence-electron chi connectivity index (χ0n) is 29.2. The zero-order valence-corrected chi connectivity index (χ0v) is 34.4. The van der Waals surface area contributed by atoms with E-state index in [4.69, 9.17) is 17.0 Å². The van der Waals surface area contributed by atoms with E-state index in [0.29, 0.717) is 5.92 Å². The molecule has 46 heavy (non-hydrogen) atoms. The second-order valence-corrected chi connectivity index (χ2v) is 58.1. The molecule has 4 heteroatoms. The normalized spacial score (nSPS) is 18.7. The number of hydrogen-bond donors (Lipinski definition) is 0. The molecule has 2 atom stereocenters. The molecule has 4 aromatic carbocycles. The maximum atomic E-state index is 8.65. The summed E-state index contributed by atoms with van der Waals surface area (Å²) < 4.78 is 0.169. The fourth-order valence-corrected chi connectivity index (χ4v) is 40.6. The van der Waals surface area contributed by atoms with E-state index in [1.54, 1.807) is 0 Å². The molecule has 239 valence electrons. The minimum atomic E-state index is -4.83. The molecule has 0 spiro atoms. The van der Waals surface area contributed by atoms with Gasteiger partial charge in [-0.25, -0.2) is 0 Å². The second-order valence-electron chi connectivity index (χ2n) is 15.6. The number of hydrogen-bond acceptors (Lipinski definition) is 0. The summed E-state index contributed by atoms with van der Waals surface area (Å²) in [5.74, 6) is -1.28. The Hall–Kier alpha value is -1.96. The van der Waals surface area contributed by atoms with Crippen molar-refractivity contribution in [2.24, 2.45) is 5.92 Å². The molecule has 0 fully saturated rings. The van der Waals surface area contributed by atoms with Crippen LogP contribution in [-0.4, -0.2) is 5.92 Å². The van der Waals surface area contributed by atoms with Gasteiger partial charge in [0.25, 0.3) is 0 Å². The summed E-state index contributed by atoms with van der Waals surface area (Å²) >= 11 is -4.83. The van der Waals surface area contributed by atoms with Gasteiger partial charge < -0.3 is 0 Å². The van der Waals surface area contributed by atoms with E-state index in [2.05, 4.69) is 159 Å². The Kier molecular flexibility index (Phi) is 8.76. The summed E-state index contributed by atoms with van der Waals surface area (Å²) in [6.07, 6.45) is 4.92. The summed E-state index contributed by atoms with van der Waals surface area (Å²) in [4.78, 5) is 0. The summed E-state index contributed by atoms with van der Waals surface area (Å²) in [5, 5.41) is 0. The summed E-state index contributed by atoms with van der Waals surface area (Å²) in [6, 6.07) is 29.3. The van der Waals surface area contributed by atoms with E-state index in [9.17, 15) is 0 Å². The number of benzene rings is 4. The monoisotopic (exact) mass is 741 g/mol. The molecule has 0 bridgehead atoms. The number of halogens is 2. The third-order valence-corrected chi connectivity index (χ3v) is 63.1. The fraction of sp³-hybridized carbons (Fsp3) is 0.333. The average Bonchev–Trinajstić information content (AvgIpc) is 3.57. The zero-order chi connectivity index (χ0) is 33.4. The topological polar surface area (TPSA) is 0 Å². The molecule has 0 aromatic heterocycles. The van der Waals surface area contributed by atoms with Gasteiger partial charge in [0, 0.05) is 0 Å². The van der Waals surface area contributed by atoms with E-state index < -0.39 is 21.5 Å². The predicted octanol–water partition coefficient (Wildman–Crippen LogP) is 13.2. The van der Waals surface area contributed by atoms with Gasteiger partial charge in [-0.15, -0.1) is 0 Å². The minimum absolute atomic E-state index is 0.0804. The Morgan fingerprint density at radius 2 is 1.37 bits per heavy atom. The van der Waals surface area contributed by atoms with Crippen molar-refractivity contribution in [3.63, 3.8) is 0 Å². The van der Waals surface area contributed by atoms with Crippen molar-refractivity contribution >= 4 is 35.1 Å². The fourth-order valence-electron chi connectivity index (χ4n) is 8.40. The van der Waals surface area contributed by atoms with Crippen LogP contribution in [0.25, 0.3) is 34.4 Å². The van der Waals surface area contributed by atoms with Crippen LogP contribution < -0.4 is 0 Å². The molecule has 0 saturated carbocycles. The SMILES string of the molecule is CC1=Cc2c(cc(C)c(C)c2-c2ccc(C(C)(C)C)cc2)[CH]1[Zr]([Cl])([Cl])([CH]1C(C(C)C)=Cc2c(-c3ccccc3)cccc21)[SiH](C)C. The Morgan fingerprint density at radius 3 is 1.96 bits per heavy atom. The third-order valence-electron chi connectivity index (χ3n) is 11.1. The van der Waals surface area contributed by atoms with Gasteiger partial charge in [-0.1, -0.05) is 0 Å². The molecule has 6 rings (SSSR count). The molecule has 0 heterocycles. The first-order valence-corrected chi connectivity index (χ1v) is 33.3. The third kappa shape index (κ3) is 5.26. The van der Waals surface area contributed by atoms with Gasteiger partial charge in [0.15, 0.2) is 0 Å². The average molecular weight is 744 g/mol. The van der Waals surface area contributed by atoms with Crippen LogP contribution in [0.5, 0.6) is 0 Å². The Labute approximate surface area is 286 Å². The van der Waals surface area contributed by atoms with Crippen LogP contribution in [0.1, 0.15) is 87.7 Å². The Balaban J connectivity index is 1.59. The van der Waals surface area contributed by atoms with Crippen molar-refractivity contribution < 1.29 is 15.6 Å². The van der Waals surface area contributed by atoms with Gasteiger partial charge in [0.2, 0.25) is 0 Å². The van der Waals surface area contributed by atoms with Gasteiger partial charge in [-0.05, 0) is 0 Å². The number of rotatable bonds is 6. The van der Waals surface area contributed by atoms with Crippen molar-refractivity contribution in [2.45, 2.75) is 81.2 Å². The molecular formula is C42H49Cl2SiZr. The van der Waals surface area contributed by atoms with E-state index in [0.717, 1.165) is 0 Å². The molecule has 2 aliphatic carbocycles. The van der Waals surface area contributed by atoms with Crippen molar-refractivity contribution in [2.75, 3.05) is 0 Å². The van der Waals surface area contributed by atoms with Crippen LogP contribution >= 0.6 is 17.0 Å². The molecule has 2 aliphatic rings. The van der Waals surface area contributed by atoms with Crippen molar-refractivity contribution in [3.05, 3.63) is 129 Å². The quantitative estimate of drug-likeness (QED) is 0.173. The van der Waals surface area contributed by atoms with Gasteiger partial charge >= 0.3 is 289 Å². The molecule has 0 amide bonds. The Morgan fingerprint density at radius 1 is 0.717 bits per heavy atom. The first-order valence-electron chi connectivity index (χ1n) is 17.0. The molecule has 4 aromatic rings. The number of allylic oxidation sites excluding steroid dienone is 2. The first-order chi connectivity index (χ1) is 21.5. The van der Waals surface area contributed by atoms with Gasteiger partial charge in [-0.2, -0.15) is 0 Å². The van der Waals surface area contributed by atoms with Crippen LogP contribution in [-0.2, 0) is 21.0 Å². The van der Waals surface area contributed by atoms with E-state index in [1.807, 2.05) is 0 Å². The second kappa shape index (κ2) is 11.9. The number of aryl methyl sites for hydroxylation is 1. The summed E-state index contributed by atoms with van der Waals surface area (Å²) in [7, 11) is 17.3. The van der Waals surface area contributed by atoms with E-state index >= 15 is 0 Å². The van der Waals surface area contributed by atoms with Crippen LogP contribution in [0.3, 0.4) is 0 Å². The number of fused-ring (bicyclic) bond motifs is 2. The van der Waals surface area contributed by atoms with Crippen molar-refractivity contribution in [3.8, 4) is 22.3 Å². The molecular weight excluding hydrogens is 695 g/mol. The van der Waals surface area contributed by atoms with Crippen molar-refractivity contribution in [1.29, 1.82) is 0 Å². The van der Waals surface area contributed by atoms with E-state index in [-0.39, 0.29) is 12.7 Å². The summed E-state index contributed by atoms with van der Waals surface area (Å²) in [6.45, 7) is 23.2. The molecule has 0 N–H and O–H groups in total. The van der Waals surface area contributed by atoms with E-state index in [1.165, 1.54) is 72.3 Å².